The summed E-state index contributed by atoms with van der Waals surface area (Å²) in [5.41, 5.74) is 2.89. The van der Waals surface area contributed by atoms with E-state index in [1.165, 1.54) is 0 Å². The van der Waals surface area contributed by atoms with E-state index in [4.69, 9.17) is 16.3 Å². The van der Waals surface area contributed by atoms with Crippen molar-refractivity contribution in [3.8, 4) is 5.75 Å². The van der Waals surface area contributed by atoms with Crippen LogP contribution in [0.2, 0.25) is 5.02 Å². The smallest absolute Gasteiger partial charge is 0.279 e. The van der Waals surface area contributed by atoms with E-state index in [-0.39, 0.29) is 5.91 Å². The predicted octanol–water partition coefficient (Wildman–Crippen LogP) is 3.07. The third-order valence-corrected chi connectivity index (χ3v) is 4.49. The maximum absolute atomic E-state index is 12.3. The number of rotatable bonds is 6. The minimum Gasteiger partial charge on any atom is -0.496 e. The zero-order chi connectivity index (χ0) is 17.7. The Kier molecular flexibility index (Phi) is 6.66. The Morgan fingerprint density at radius 3 is 2.71 bits per heavy atom. The van der Waals surface area contributed by atoms with E-state index in [0.29, 0.717) is 18.1 Å². The molecular formula is C18H21BrClN2O2+. The lowest BCUT2D eigenvalue weighted by Crippen LogP contribution is -3.08. The molecule has 0 radical (unpaired) electrons. The van der Waals surface area contributed by atoms with E-state index in [0.717, 1.165) is 31.9 Å². The molecule has 24 heavy (non-hydrogen) atoms. The Balaban J connectivity index is 1.98. The number of nitrogens with one attached hydrogen (secondary N) is 2. The second-order valence-electron chi connectivity index (χ2n) is 5.80. The van der Waals surface area contributed by atoms with Gasteiger partial charge >= 0.3 is 0 Å². The van der Waals surface area contributed by atoms with E-state index in [1.54, 1.807) is 13.2 Å². The summed E-state index contributed by atoms with van der Waals surface area (Å²) < 4.78 is 6.23. The molecule has 2 N–H and O–H groups in total. The fraction of sp³-hybridized carbons (Fsp3) is 0.278. The van der Waals surface area contributed by atoms with Gasteiger partial charge in [-0.15, -0.1) is 0 Å². The highest BCUT2D eigenvalue weighted by Crippen LogP contribution is 2.23. The molecule has 0 aliphatic heterocycles. The zero-order valence-electron chi connectivity index (χ0n) is 14.0. The minimum atomic E-state index is -0.0435. The van der Waals surface area contributed by atoms with Gasteiger partial charge in [0.1, 0.15) is 12.3 Å². The molecule has 1 amide bonds. The first-order valence-electron chi connectivity index (χ1n) is 7.58. The van der Waals surface area contributed by atoms with E-state index >= 15 is 0 Å². The number of anilines is 1. The van der Waals surface area contributed by atoms with Crippen molar-refractivity contribution in [2.24, 2.45) is 0 Å². The summed E-state index contributed by atoms with van der Waals surface area (Å²) in [6.07, 6.45) is 0. The lowest BCUT2D eigenvalue weighted by molar-refractivity contribution is -0.885. The number of carbonyl (C=O) groups excluding carboxylic acids is 1. The van der Waals surface area contributed by atoms with Gasteiger partial charge in [-0.1, -0.05) is 17.7 Å². The third kappa shape index (κ3) is 5.23. The van der Waals surface area contributed by atoms with Crippen molar-refractivity contribution in [1.82, 2.24) is 0 Å². The first kappa shape index (κ1) is 18.8. The average Bonchev–Trinajstić information content (AvgIpc) is 2.50. The summed E-state index contributed by atoms with van der Waals surface area (Å²) >= 11 is 9.52. The molecule has 6 heteroatoms. The summed E-state index contributed by atoms with van der Waals surface area (Å²) in [5.74, 6) is 0.735. The molecular weight excluding hydrogens is 392 g/mol. The molecule has 0 bridgehead atoms. The van der Waals surface area contributed by atoms with Crippen LogP contribution in [-0.2, 0) is 11.3 Å². The highest BCUT2D eigenvalue weighted by atomic mass is 79.9. The standard InChI is InChI=1S/C18H20BrClN2O2/c1-12-4-6-16(15(19)8-12)21-18(23)11-22(2)10-13-9-14(20)5-7-17(13)24-3/h4-9H,10-11H2,1-3H3,(H,21,23)/p+1. The monoisotopic (exact) mass is 411 g/mol. The lowest BCUT2D eigenvalue weighted by atomic mass is 10.2. The number of halogens is 2. The number of hydrogen-bond acceptors (Lipinski definition) is 2. The van der Waals surface area contributed by atoms with E-state index in [1.807, 2.05) is 44.3 Å². The molecule has 4 nitrogen and oxygen atoms in total. The van der Waals surface area contributed by atoms with Crippen LogP contribution in [0.1, 0.15) is 11.1 Å². The van der Waals surface area contributed by atoms with Crippen LogP contribution in [0.15, 0.2) is 40.9 Å². The summed E-state index contributed by atoms with van der Waals surface area (Å²) in [7, 11) is 3.59. The first-order valence-corrected chi connectivity index (χ1v) is 8.76. The van der Waals surface area contributed by atoms with Crippen LogP contribution in [0.5, 0.6) is 5.75 Å². The van der Waals surface area contributed by atoms with Gasteiger partial charge in [0, 0.05) is 15.1 Å². The van der Waals surface area contributed by atoms with Crippen LogP contribution in [0.3, 0.4) is 0 Å². The van der Waals surface area contributed by atoms with Crippen molar-refractivity contribution in [2.45, 2.75) is 13.5 Å². The first-order chi connectivity index (χ1) is 11.4. The second-order valence-corrected chi connectivity index (χ2v) is 7.09. The van der Waals surface area contributed by atoms with Gasteiger partial charge in [0.15, 0.2) is 6.54 Å². The van der Waals surface area contributed by atoms with Gasteiger partial charge in [0.2, 0.25) is 0 Å². The molecule has 1 unspecified atom stereocenters. The molecule has 0 saturated heterocycles. The zero-order valence-corrected chi connectivity index (χ0v) is 16.3. The van der Waals surface area contributed by atoms with Crippen molar-refractivity contribution in [3.63, 3.8) is 0 Å². The molecule has 128 valence electrons. The Morgan fingerprint density at radius 2 is 2.04 bits per heavy atom. The van der Waals surface area contributed by atoms with Crippen LogP contribution in [0.25, 0.3) is 0 Å². The molecule has 0 aromatic heterocycles. The maximum atomic E-state index is 12.3. The number of likely N-dealkylation sites (N-methyl/N-ethyl adjacent to an activating group) is 1. The van der Waals surface area contributed by atoms with Gasteiger partial charge in [-0.25, -0.2) is 0 Å². The Hall–Kier alpha value is -1.56. The molecule has 0 aliphatic rings. The summed E-state index contributed by atoms with van der Waals surface area (Å²) in [5, 5.41) is 3.59. The van der Waals surface area contributed by atoms with Crippen molar-refractivity contribution < 1.29 is 14.4 Å². The van der Waals surface area contributed by atoms with E-state index < -0.39 is 0 Å². The summed E-state index contributed by atoms with van der Waals surface area (Å²) in [6.45, 7) is 2.99. The molecule has 2 aromatic rings. The number of carbonyl (C=O) groups is 1. The Morgan fingerprint density at radius 1 is 1.29 bits per heavy atom. The van der Waals surface area contributed by atoms with Gasteiger partial charge < -0.3 is 15.0 Å². The largest absolute Gasteiger partial charge is 0.496 e. The number of benzene rings is 2. The fourth-order valence-electron chi connectivity index (χ4n) is 2.46. The highest BCUT2D eigenvalue weighted by Gasteiger charge is 2.15. The Bertz CT molecular complexity index is 737. The van der Waals surface area contributed by atoms with Gasteiger partial charge in [-0.05, 0) is 58.7 Å². The summed E-state index contributed by atoms with van der Waals surface area (Å²) in [6, 6.07) is 11.3. The van der Waals surface area contributed by atoms with Crippen molar-refractivity contribution in [3.05, 3.63) is 57.0 Å². The SMILES string of the molecule is COc1ccc(Cl)cc1C[NH+](C)CC(=O)Nc1ccc(C)cc1Br. The maximum Gasteiger partial charge on any atom is 0.279 e. The second kappa shape index (κ2) is 8.51. The number of methoxy groups -OCH3 is 1. The van der Waals surface area contributed by atoms with Gasteiger partial charge in [-0.3, -0.25) is 4.79 Å². The van der Waals surface area contributed by atoms with Crippen LogP contribution < -0.4 is 15.0 Å². The quantitative estimate of drug-likeness (QED) is 0.766. The van der Waals surface area contributed by atoms with Crippen molar-refractivity contribution in [1.29, 1.82) is 0 Å². The number of quaternary nitrogens is 1. The topological polar surface area (TPSA) is 42.8 Å². The molecule has 0 heterocycles. The average molecular weight is 413 g/mol. The van der Waals surface area contributed by atoms with Crippen molar-refractivity contribution >= 4 is 39.1 Å². The summed E-state index contributed by atoms with van der Waals surface area (Å²) in [4.78, 5) is 13.3. The molecule has 0 spiro atoms. The number of aryl methyl sites for hydroxylation is 1. The Labute approximate surface area is 155 Å². The van der Waals surface area contributed by atoms with Gasteiger partial charge in [0.25, 0.3) is 5.91 Å². The molecule has 1 atom stereocenters. The van der Waals surface area contributed by atoms with Crippen molar-refractivity contribution in [2.75, 3.05) is 26.0 Å². The van der Waals surface area contributed by atoms with Crippen LogP contribution in [-0.4, -0.2) is 26.6 Å². The van der Waals surface area contributed by atoms with Gasteiger partial charge in [0.05, 0.1) is 19.8 Å². The van der Waals surface area contributed by atoms with Crippen LogP contribution in [0.4, 0.5) is 5.69 Å². The van der Waals surface area contributed by atoms with Crippen LogP contribution >= 0.6 is 27.5 Å². The minimum absolute atomic E-state index is 0.0435. The van der Waals surface area contributed by atoms with Gasteiger partial charge in [-0.2, -0.15) is 0 Å². The normalized spacial score (nSPS) is 11.9. The predicted molar refractivity (Wildman–Crippen MR) is 101 cm³/mol. The molecule has 0 fully saturated rings. The van der Waals surface area contributed by atoms with E-state index in [2.05, 4.69) is 21.2 Å². The molecule has 0 saturated carbocycles. The highest BCUT2D eigenvalue weighted by molar-refractivity contribution is 9.10. The number of ether oxygens (including phenoxy) is 1. The number of amides is 1. The fourth-order valence-corrected chi connectivity index (χ4v) is 3.25. The molecule has 2 rings (SSSR count). The lowest BCUT2D eigenvalue weighted by Gasteiger charge is -2.16. The molecule has 0 aliphatic carbocycles. The third-order valence-electron chi connectivity index (χ3n) is 3.60. The van der Waals surface area contributed by atoms with E-state index in [9.17, 15) is 4.79 Å². The van der Waals surface area contributed by atoms with Crippen LogP contribution in [0, 0.1) is 6.92 Å². The number of hydrogen-bond donors (Lipinski definition) is 2. The molecule has 2 aromatic carbocycles.